The fourth-order valence-electron chi connectivity index (χ4n) is 3.12. The monoisotopic (exact) mass is 418 g/mol. The van der Waals surface area contributed by atoms with E-state index in [2.05, 4.69) is 5.10 Å². The molecule has 4 rings (SSSR count). The molecule has 0 aliphatic carbocycles. The first kappa shape index (κ1) is 18.7. The first-order valence-electron chi connectivity index (χ1n) is 8.29. The van der Waals surface area contributed by atoms with E-state index in [4.69, 9.17) is 27.9 Å². The Hall–Kier alpha value is -2.67. The van der Waals surface area contributed by atoms with Gasteiger partial charge in [-0.15, -0.1) is 0 Å². The summed E-state index contributed by atoms with van der Waals surface area (Å²) in [4.78, 5) is 11.7. The predicted octanol–water partition coefficient (Wildman–Crippen LogP) is 5.09. The highest BCUT2D eigenvalue weighted by Crippen LogP contribution is 2.34. The Morgan fingerprint density at radius 1 is 1.18 bits per heavy atom. The summed E-state index contributed by atoms with van der Waals surface area (Å²) in [6.07, 6.45) is 1.81. The summed E-state index contributed by atoms with van der Waals surface area (Å²) in [5, 5.41) is 14.6. The third-order valence-electron chi connectivity index (χ3n) is 4.34. The largest absolute Gasteiger partial charge is 0.476 e. The number of benzene rings is 2. The van der Waals surface area contributed by atoms with Gasteiger partial charge in [0.05, 0.1) is 29.6 Å². The molecular formula is C20H13Cl2FN2O3. The van der Waals surface area contributed by atoms with Crippen molar-refractivity contribution >= 4 is 40.8 Å². The van der Waals surface area contributed by atoms with Crippen LogP contribution in [0.4, 0.5) is 4.39 Å². The van der Waals surface area contributed by atoms with E-state index in [1.807, 2.05) is 6.08 Å². The van der Waals surface area contributed by atoms with E-state index < -0.39 is 5.97 Å². The molecule has 2 heterocycles. The van der Waals surface area contributed by atoms with Gasteiger partial charge in [-0.2, -0.15) is 5.10 Å². The minimum atomic E-state index is -1.16. The summed E-state index contributed by atoms with van der Waals surface area (Å²) in [6, 6.07) is 10.9. The van der Waals surface area contributed by atoms with Crippen LogP contribution in [0.15, 0.2) is 42.5 Å². The number of rotatable bonds is 3. The number of aromatic carboxylic acids is 1. The molecule has 142 valence electrons. The molecule has 0 unspecified atom stereocenters. The zero-order valence-electron chi connectivity index (χ0n) is 14.3. The Morgan fingerprint density at radius 3 is 2.61 bits per heavy atom. The lowest BCUT2D eigenvalue weighted by Crippen LogP contribution is -2.13. The summed E-state index contributed by atoms with van der Waals surface area (Å²) in [6.45, 7) is 0.364. The van der Waals surface area contributed by atoms with Crippen molar-refractivity contribution in [2.24, 2.45) is 0 Å². The summed E-state index contributed by atoms with van der Waals surface area (Å²) in [5.74, 6) is -1.50. The molecule has 28 heavy (non-hydrogen) atoms. The van der Waals surface area contributed by atoms with Crippen molar-refractivity contribution in [3.63, 3.8) is 0 Å². The normalized spacial score (nSPS) is 14.9. The highest BCUT2D eigenvalue weighted by atomic mass is 35.5. The van der Waals surface area contributed by atoms with Gasteiger partial charge in [-0.1, -0.05) is 35.3 Å². The van der Waals surface area contributed by atoms with Gasteiger partial charge in [0.1, 0.15) is 5.82 Å². The lowest BCUT2D eigenvalue weighted by molar-refractivity contribution is 0.0683. The van der Waals surface area contributed by atoms with Gasteiger partial charge in [0, 0.05) is 16.2 Å². The third kappa shape index (κ3) is 3.42. The predicted molar refractivity (Wildman–Crippen MR) is 104 cm³/mol. The number of ether oxygens (including phenoxy) is 1. The maximum Gasteiger partial charge on any atom is 0.356 e. The molecule has 0 saturated carbocycles. The number of carboxylic acids is 1. The van der Waals surface area contributed by atoms with Crippen molar-refractivity contribution in [1.82, 2.24) is 9.78 Å². The van der Waals surface area contributed by atoms with Crippen LogP contribution in [0.1, 0.15) is 27.3 Å². The molecule has 2 aromatic carbocycles. The van der Waals surface area contributed by atoms with Crippen LogP contribution in [0.5, 0.6) is 0 Å². The summed E-state index contributed by atoms with van der Waals surface area (Å²) in [5.41, 5.74) is 2.90. The second-order valence-electron chi connectivity index (χ2n) is 6.20. The van der Waals surface area contributed by atoms with Gasteiger partial charge >= 0.3 is 5.97 Å². The number of hydrogen-bond donors (Lipinski definition) is 1. The molecule has 0 fully saturated rings. The molecule has 3 aromatic rings. The van der Waals surface area contributed by atoms with Crippen molar-refractivity contribution in [2.45, 2.75) is 6.61 Å². The van der Waals surface area contributed by atoms with Crippen molar-refractivity contribution < 1.29 is 19.0 Å². The fraction of sp³-hybridized carbons (Fsp3) is 0.100. The van der Waals surface area contributed by atoms with Crippen LogP contribution in [-0.2, 0) is 11.3 Å². The Morgan fingerprint density at radius 2 is 1.93 bits per heavy atom. The Kier molecular flexibility index (Phi) is 4.93. The molecule has 0 spiro atoms. The van der Waals surface area contributed by atoms with Crippen molar-refractivity contribution in [3.8, 4) is 5.69 Å². The van der Waals surface area contributed by atoms with Crippen LogP contribution in [0.25, 0.3) is 17.3 Å². The van der Waals surface area contributed by atoms with Crippen molar-refractivity contribution in [3.05, 3.63) is 80.8 Å². The van der Waals surface area contributed by atoms with E-state index in [0.29, 0.717) is 32.6 Å². The first-order chi connectivity index (χ1) is 13.4. The molecule has 0 bridgehead atoms. The molecule has 1 aliphatic heterocycles. The second kappa shape index (κ2) is 7.39. The highest BCUT2D eigenvalue weighted by molar-refractivity contribution is 6.35. The summed E-state index contributed by atoms with van der Waals surface area (Å²) < 4.78 is 20.3. The number of nitrogens with zero attached hydrogens (tertiary/aromatic N) is 2. The molecule has 5 nitrogen and oxygen atoms in total. The van der Waals surface area contributed by atoms with E-state index in [-0.39, 0.29) is 24.7 Å². The smallest absolute Gasteiger partial charge is 0.356 e. The first-order valence-corrected chi connectivity index (χ1v) is 9.04. The van der Waals surface area contributed by atoms with E-state index in [9.17, 15) is 14.3 Å². The maximum atomic E-state index is 13.2. The quantitative estimate of drug-likeness (QED) is 0.643. The average molecular weight is 419 g/mol. The third-order valence-corrected chi connectivity index (χ3v) is 4.88. The van der Waals surface area contributed by atoms with E-state index in [0.717, 1.165) is 5.56 Å². The number of fused-ring (bicyclic) bond motifs is 1. The van der Waals surface area contributed by atoms with Crippen LogP contribution in [-0.4, -0.2) is 27.5 Å². The van der Waals surface area contributed by atoms with E-state index >= 15 is 0 Å². The van der Waals surface area contributed by atoms with Gasteiger partial charge in [-0.3, -0.25) is 0 Å². The minimum absolute atomic E-state index is 0.106. The molecule has 0 amide bonds. The van der Waals surface area contributed by atoms with Gasteiger partial charge in [-0.05, 0) is 42.0 Å². The second-order valence-corrected chi connectivity index (χ2v) is 7.05. The van der Waals surface area contributed by atoms with E-state index in [1.54, 1.807) is 30.3 Å². The lowest BCUT2D eigenvalue weighted by atomic mass is 10.0. The molecule has 1 aliphatic rings. The number of halogens is 3. The molecule has 1 N–H and O–H groups in total. The number of carbonyl (C=O) groups is 1. The van der Waals surface area contributed by atoms with Gasteiger partial charge in [0.15, 0.2) is 5.69 Å². The topological polar surface area (TPSA) is 64.3 Å². The Balaban J connectivity index is 1.94. The zero-order valence-corrected chi connectivity index (χ0v) is 15.8. The zero-order chi connectivity index (χ0) is 19.8. The van der Waals surface area contributed by atoms with E-state index in [1.165, 1.54) is 16.8 Å². The lowest BCUT2D eigenvalue weighted by Gasteiger charge is -2.19. The van der Waals surface area contributed by atoms with Crippen LogP contribution in [0.3, 0.4) is 0 Å². The van der Waals surface area contributed by atoms with Crippen LogP contribution in [0, 0.1) is 5.82 Å². The number of carboxylic acid groups (broad SMARTS) is 1. The number of aromatic nitrogens is 2. The Bertz CT molecular complexity index is 1110. The highest BCUT2D eigenvalue weighted by Gasteiger charge is 2.29. The molecule has 1 aromatic heterocycles. The van der Waals surface area contributed by atoms with Gasteiger partial charge < -0.3 is 9.84 Å². The fourth-order valence-corrected chi connectivity index (χ4v) is 3.61. The molecular weight excluding hydrogens is 406 g/mol. The van der Waals surface area contributed by atoms with Crippen LogP contribution in [0.2, 0.25) is 10.0 Å². The minimum Gasteiger partial charge on any atom is -0.476 e. The summed E-state index contributed by atoms with van der Waals surface area (Å²) in [7, 11) is 0. The van der Waals surface area contributed by atoms with Crippen molar-refractivity contribution in [1.29, 1.82) is 0 Å². The molecule has 8 heteroatoms. The molecule has 0 atom stereocenters. The molecule has 0 radical (unpaired) electrons. The van der Waals surface area contributed by atoms with Crippen LogP contribution < -0.4 is 0 Å². The number of hydrogen-bond acceptors (Lipinski definition) is 3. The van der Waals surface area contributed by atoms with Crippen molar-refractivity contribution in [2.75, 3.05) is 6.61 Å². The van der Waals surface area contributed by atoms with Crippen LogP contribution >= 0.6 is 23.2 Å². The van der Waals surface area contributed by atoms with Gasteiger partial charge in [-0.25, -0.2) is 13.9 Å². The molecule has 0 saturated heterocycles. The standard InChI is InChI=1S/C20H13Cl2FN2O3/c21-13-3-6-17(16(22)8-13)25-19-12(7-11-1-4-14(23)5-2-11)9-28-10-15(19)18(24-25)20(26)27/h1-8H,9-10H2,(H,26,27)/b12-7+. The average Bonchev–Trinajstić information content (AvgIpc) is 3.04. The summed E-state index contributed by atoms with van der Waals surface area (Å²) >= 11 is 12.3. The maximum absolute atomic E-state index is 13.2. The SMILES string of the molecule is O=C(O)c1nn(-c2ccc(Cl)cc2Cl)c2c1COC/C2=C\c1ccc(F)cc1. The Labute approximate surface area is 169 Å². The van der Waals surface area contributed by atoms with Gasteiger partial charge in [0.25, 0.3) is 0 Å². The van der Waals surface area contributed by atoms with Gasteiger partial charge in [0.2, 0.25) is 0 Å².